The topological polar surface area (TPSA) is 65.2 Å². The number of ether oxygens (including phenoxy) is 1. The number of halogens is 1. The van der Waals surface area contributed by atoms with Crippen LogP contribution in [0.5, 0.6) is 0 Å². The van der Waals surface area contributed by atoms with Gasteiger partial charge in [0.2, 0.25) is 0 Å². The maximum absolute atomic E-state index is 11.1. The maximum atomic E-state index is 11.1. The van der Waals surface area contributed by atoms with Gasteiger partial charge in [0.05, 0.1) is 0 Å². The summed E-state index contributed by atoms with van der Waals surface area (Å²) in [5, 5.41) is 2.09. The molecule has 0 spiro atoms. The Kier molecular flexibility index (Phi) is 6.86. The molecular weight excluding hydrogens is 459 g/mol. The Balaban J connectivity index is 1.68. The van der Waals surface area contributed by atoms with E-state index in [0.29, 0.717) is 12.1 Å². The Morgan fingerprint density at radius 2 is 2.00 bits per heavy atom. The van der Waals surface area contributed by atoms with Gasteiger partial charge in [0.15, 0.2) is 0 Å². The molecule has 5 nitrogen and oxygen atoms in total. The first-order chi connectivity index (χ1) is 12.7. The summed E-state index contributed by atoms with van der Waals surface area (Å²) >= 11 is 3.61. The predicted octanol–water partition coefficient (Wildman–Crippen LogP) is 4.13. The molecule has 0 amide bonds. The molecule has 3 aromatic rings. The van der Waals surface area contributed by atoms with E-state index < -0.39 is 0 Å². The molecule has 0 aliphatic heterocycles. The van der Waals surface area contributed by atoms with Crippen LogP contribution in [0.2, 0.25) is 5.21 Å². The number of carbonyl (C=O) groups is 1. The van der Waals surface area contributed by atoms with Crippen LogP contribution in [0, 0.1) is 0 Å². The molecule has 135 valence electrons. The number of unbranched alkanes of at least 4 members (excludes halogenated alkanes) is 2. The monoisotopic (exact) mass is 477 g/mol. The molecule has 0 aliphatic carbocycles. The molecule has 2 heterocycles. The fourth-order valence-corrected chi connectivity index (χ4v) is 5.92. The van der Waals surface area contributed by atoms with Crippen molar-refractivity contribution in [3.8, 4) is 11.3 Å². The van der Waals surface area contributed by atoms with Gasteiger partial charge in [-0.25, -0.2) is 0 Å². The van der Waals surface area contributed by atoms with Gasteiger partial charge < -0.3 is 0 Å². The van der Waals surface area contributed by atoms with E-state index in [1.54, 1.807) is 6.33 Å². The second kappa shape index (κ2) is 9.33. The van der Waals surface area contributed by atoms with Crippen LogP contribution >= 0.6 is 15.9 Å². The van der Waals surface area contributed by atoms with Gasteiger partial charge in [-0.2, -0.15) is 0 Å². The standard InChI is InChI=1S/C19H19AsBrN2O3/c1-25-14(24)10-6-3-7-11-20-18-15-16(21)17(13-8-4-2-5-9-13)26-19(15)23-12-22-18/h2,4-5,8-9,12H,3,6-7,10-11H2,1H3. The normalized spacial score (nSPS) is 11.5. The third kappa shape index (κ3) is 4.54. The van der Waals surface area contributed by atoms with Crippen LogP contribution in [0.1, 0.15) is 25.7 Å². The number of furan rings is 1. The average Bonchev–Trinajstić information content (AvgIpc) is 3.02. The molecule has 1 radical (unpaired) electrons. The molecule has 0 atom stereocenters. The molecule has 0 fully saturated rings. The molecule has 0 saturated heterocycles. The van der Waals surface area contributed by atoms with Crippen LogP contribution in [0.4, 0.5) is 0 Å². The van der Waals surface area contributed by atoms with Crippen molar-refractivity contribution in [3.63, 3.8) is 0 Å². The van der Waals surface area contributed by atoms with Crippen molar-refractivity contribution >= 4 is 53.2 Å². The van der Waals surface area contributed by atoms with Crippen LogP contribution in [-0.2, 0) is 9.53 Å². The second-order valence-electron chi connectivity index (χ2n) is 5.76. The molecular formula is C19H19AsBrN2O3. The van der Waals surface area contributed by atoms with E-state index in [1.165, 1.54) is 7.11 Å². The van der Waals surface area contributed by atoms with Gasteiger partial charge in [0.25, 0.3) is 0 Å². The average molecular weight is 478 g/mol. The van der Waals surface area contributed by atoms with Gasteiger partial charge >= 0.3 is 168 Å². The molecule has 0 bridgehead atoms. The molecule has 0 aliphatic rings. The third-order valence-electron chi connectivity index (χ3n) is 3.97. The number of hydrogen-bond acceptors (Lipinski definition) is 5. The van der Waals surface area contributed by atoms with Crippen LogP contribution in [0.3, 0.4) is 0 Å². The molecule has 2 aromatic heterocycles. The Morgan fingerprint density at radius 1 is 1.19 bits per heavy atom. The van der Waals surface area contributed by atoms with Gasteiger partial charge in [-0.3, -0.25) is 0 Å². The molecule has 26 heavy (non-hydrogen) atoms. The van der Waals surface area contributed by atoms with Crippen molar-refractivity contribution in [2.45, 2.75) is 30.9 Å². The van der Waals surface area contributed by atoms with Crippen molar-refractivity contribution in [1.29, 1.82) is 0 Å². The van der Waals surface area contributed by atoms with Gasteiger partial charge in [0.1, 0.15) is 0 Å². The fourth-order valence-electron chi connectivity index (χ4n) is 2.63. The first-order valence-corrected chi connectivity index (χ1v) is 11.5. The Bertz CT molecular complexity index is 883. The zero-order chi connectivity index (χ0) is 18.4. The number of hydrogen-bond donors (Lipinski definition) is 0. The molecule has 0 unspecified atom stereocenters. The van der Waals surface area contributed by atoms with Crippen molar-refractivity contribution in [1.82, 2.24) is 9.97 Å². The summed E-state index contributed by atoms with van der Waals surface area (Å²) in [5.74, 6) is 0.660. The first-order valence-electron chi connectivity index (χ1n) is 8.43. The van der Waals surface area contributed by atoms with E-state index >= 15 is 0 Å². The fraction of sp³-hybridized carbons (Fsp3) is 0.316. The second-order valence-corrected chi connectivity index (χ2v) is 9.04. The molecule has 1 aromatic carbocycles. The Labute approximate surface area is 167 Å². The molecule has 7 heteroatoms. The number of carbonyl (C=O) groups excluding carboxylic acids is 1. The minimum atomic E-state index is -0.133. The number of benzene rings is 1. The van der Waals surface area contributed by atoms with E-state index in [4.69, 9.17) is 4.42 Å². The summed E-state index contributed by atoms with van der Waals surface area (Å²) in [6, 6.07) is 9.99. The Hall–Kier alpha value is -1.65. The van der Waals surface area contributed by atoms with Gasteiger partial charge in [-0.05, 0) is 0 Å². The minimum absolute atomic E-state index is 0.0819. The molecule has 3 rings (SSSR count). The van der Waals surface area contributed by atoms with Crippen molar-refractivity contribution in [2.75, 3.05) is 7.11 Å². The van der Waals surface area contributed by atoms with Crippen LogP contribution in [-0.4, -0.2) is 38.8 Å². The van der Waals surface area contributed by atoms with Gasteiger partial charge in [0, 0.05) is 0 Å². The number of methoxy groups -OCH3 is 1. The number of esters is 1. The SMILES string of the molecule is COC(=O)CCCCC[As]c1ncnc2oc(-c3ccccc3)c(Br)c12. The molecule has 0 N–H and O–H groups in total. The zero-order valence-electron chi connectivity index (χ0n) is 14.4. The number of aromatic nitrogens is 2. The first kappa shape index (κ1) is 19.1. The summed E-state index contributed by atoms with van der Waals surface area (Å²) in [5.41, 5.74) is 1.64. The Morgan fingerprint density at radius 3 is 2.77 bits per heavy atom. The summed E-state index contributed by atoms with van der Waals surface area (Å²) in [4.78, 5) is 19.9. The summed E-state index contributed by atoms with van der Waals surface area (Å²) in [6.45, 7) is 0. The van der Waals surface area contributed by atoms with Crippen LogP contribution < -0.4 is 4.48 Å². The summed E-state index contributed by atoms with van der Waals surface area (Å²) in [6.07, 6.45) is 5.07. The van der Waals surface area contributed by atoms with Crippen LogP contribution in [0.25, 0.3) is 22.4 Å². The summed E-state index contributed by atoms with van der Waals surface area (Å²) in [7, 11) is 1.43. The van der Waals surface area contributed by atoms with E-state index in [0.717, 1.165) is 50.1 Å². The summed E-state index contributed by atoms with van der Waals surface area (Å²) < 4.78 is 12.6. The quantitative estimate of drug-likeness (QED) is 0.277. The number of nitrogens with zero attached hydrogens (tertiary/aromatic N) is 2. The van der Waals surface area contributed by atoms with Gasteiger partial charge in [-0.15, -0.1) is 0 Å². The van der Waals surface area contributed by atoms with Gasteiger partial charge in [-0.1, -0.05) is 0 Å². The van der Waals surface area contributed by atoms with Crippen LogP contribution in [0.15, 0.2) is 45.5 Å². The van der Waals surface area contributed by atoms with Crippen molar-refractivity contribution in [3.05, 3.63) is 41.1 Å². The van der Waals surface area contributed by atoms with E-state index in [1.807, 2.05) is 30.3 Å². The number of fused-ring (bicyclic) bond motifs is 1. The van der Waals surface area contributed by atoms with Crippen molar-refractivity contribution < 1.29 is 13.9 Å². The molecule has 0 saturated carbocycles. The van der Waals surface area contributed by atoms with E-state index in [2.05, 4.69) is 30.6 Å². The van der Waals surface area contributed by atoms with E-state index in [-0.39, 0.29) is 21.7 Å². The zero-order valence-corrected chi connectivity index (χ0v) is 17.9. The number of rotatable bonds is 8. The predicted molar refractivity (Wildman–Crippen MR) is 106 cm³/mol. The third-order valence-corrected chi connectivity index (χ3v) is 7.20. The van der Waals surface area contributed by atoms with Crippen molar-refractivity contribution in [2.24, 2.45) is 0 Å². The van der Waals surface area contributed by atoms with E-state index in [9.17, 15) is 4.79 Å².